The molecule has 1 aliphatic heterocycles. The summed E-state index contributed by atoms with van der Waals surface area (Å²) in [5.74, 6) is 1.19. The maximum absolute atomic E-state index is 5.87. The fraction of sp³-hybridized carbons (Fsp3) is 0.688. The van der Waals surface area contributed by atoms with Crippen LogP contribution < -0.4 is 10.1 Å². The highest BCUT2D eigenvalue weighted by Crippen LogP contribution is 2.19. The molecule has 0 unspecified atom stereocenters. The average molecular weight is 277 g/mol. The van der Waals surface area contributed by atoms with E-state index in [1.165, 1.54) is 31.5 Å². The van der Waals surface area contributed by atoms with E-state index in [9.17, 15) is 0 Å². The van der Waals surface area contributed by atoms with E-state index in [1.54, 1.807) is 0 Å². The van der Waals surface area contributed by atoms with Gasteiger partial charge in [0.2, 0.25) is 5.88 Å². The molecule has 0 bridgehead atoms. The molecule has 1 N–H and O–H groups in total. The molecule has 0 saturated carbocycles. The van der Waals surface area contributed by atoms with Crippen LogP contribution >= 0.6 is 0 Å². The number of aromatic nitrogens is 1. The molecule has 0 radical (unpaired) electrons. The van der Waals surface area contributed by atoms with Gasteiger partial charge in [-0.15, -0.1) is 0 Å². The van der Waals surface area contributed by atoms with Crippen molar-refractivity contribution in [2.24, 2.45) is 0 Å². The Kier molecular flexibility index (Phi) is 5.80. The maximum Gasteiger partial charge on any atom is 0.213 e. The maximum atomic E-state index is 5.87. The average Bonchev–Trinajstić information content (AvgIpc) is 2.92. The molecule has 0 spiro atoms. The van der Waals surface area contributed by atoms with Gasteiger partial charge in [-0.3, -0.25) is 4.90 Å². The molecule has 2 rings (SSSR count). The molecule has 112 valence electrons. The van der Waals surface area contributed by atoms with Crippen molar-refractivity contribution in [2.45, 2.75) is 39.2 Å². The van der Waals surface area contributed by atoms with Gasteiger partial charge in [0, 0.05) is 24.8 Å². The van der Waals surface area contributed by atoms with E-state index in [1.807, 2.05) is 13.1 Å². The van der Waals surface area contributed by atoms with Gasteiger partial charge in [0.1, 0.15) is 6.61 Å². The number of likely N-dealkylation sites (tertiary alicyclic amines) is 1. The molecule has 0 aromatic carbocycles. The molecule has 1 aromatic rings. The predicted molar refractivity (Wildman–Crippen MR) is 82.3 cm³/mol. The highest BCUT2D eigenvalue weighted by molar-refractivity contribution is 5.26. The Bertz CT molecular complexity index is 414. The molecular formula is C16H27N3O. The fourth-order valence-corrected chi connectivity index (χ4v) is 2.54. The van der Waals surface area contributed by atoms with Crippen LogP contribution in [0.25, 0.3) is 0 Å². The molecule has 0 atom stereocenters. The minimum Gasteiger partial charge on any atom is -0.476 e. The third kappa shape index (κ3) is 4.46. The Labute approximate surface area is 122 Å². The lowest BCUT2D eigenvalue weighted by Crippen LogP contribution is -2.25. The van der Waals surface area contributed by atoms with Gasteiger partial charge in [0.15, 0.2) is 0 Å². The summed E-state index contributed by atoms with van der Waals surface area (Å²) in [4.78, 5) is 7.07. The van der Waals surface area contributed by atoms with Crippen LogP contribution in [-0.2, 0) is 6.54 Å². The number of hydrogen-bond acceptors (Lipinski definition) is 4. The van der Waals surface area contributed by atoms with Crippen molar-refractivity contribution >= 4 is 0 Å². The molecule has 1 aromatic heterocycles. The Morgan fingerprint density at radius 2 is 2.05 bits per heavy atom. The highest BCUT2D eigenvalue weighted by Gasteiger charge is 2.12. The van der Waals surface area contributed by atoms with E-state index in [-0.39, 0.29) is 0 Å². The summed E-state index contributed by atoms with van der Waals surface area (Å²) in [7, 11) is 1.96. The summed E-state index contributed by atoms with van der Waals surface area (Å²) in [6.07, 6.45) is 2.65. The lowest BCUT2D eigenvalue weighted by atomic mass is 10.1. The quantitative estimate of drug-likeness (QED) is 0.830. The molecule has 1 aliphatic rings. The zero-order valence-electron chi connectivity index (χ0n) is 13.0. The number of rotatable bonds is 7. The number of hydrogen-bond donors (Lipinski definition) is 1. The van der Waals surface area contributed by atoms with Crippen molar-refractivity contribution in [3.05, 3.63) is 23.4 Å². The number of nitrogens with zero attached hydrogens (tertiary/aromatic N) is 2. The monoisotopic (exact) mass is 277 g/mol. The molecule has 1 saturated heterocycles. The van der Waals surface area contributed by atoms with Gasteiger partial charge >= 0.3 is 0 Å². The molecule has 4 nitrogen and oxygen atoms in total. The summed E-state index contributed by atoms with van der Waals surface area (Å²) in [5, 5.41) is 3.19. The van der Waals surface area contributed by atoms with Gasteiger partial charge in [-0.05, 0) is 50.5 Å². The van der Waals surface area contributed by atoms with Crippen LogP contribution in [0.1, 0.15) is 43.9 Å². The van der Waals surface area contributed by atoms with Gasteiger partial charge in [0.25, 0.3) is 0 Å². The van der Waals surface area contributed by atoms with E-state index in [0.717, 1.165) is 31.3 Å². The minimum absolute atomic E-state index is 0.424. The smallest absolute Gasteiger partial charge is 0.213 e. The van der Waals surface area contributed by atoms with Crippen LogP contribution in [0.3, 0.4) is 0 Å². The molecular weight excluding hydrogens is 250 g/mol. The van der Waals surface area contributed by atoms with Crippen molar-refractivity contribution in [1.29, 1.82) is 0 Å². The van der Waals surface area contributed by atoms with Gasteiger partial charge in [-0.2, -0.15) is 0 Å². The number of pyridine rings is 1. The zero-order valence-corrected chi connectivity index (χ0v) is 13.0. The lowest BCUT2D eigenvalue weighted by Gasteiger charge is -2.16. The third-order valence-electron chi connectivity index (χ3n) is 3.71. The van der Waals surface area contributed by atoms with Crippen LogP contribution in [0.15, 0.2) is 12.1 Å². The second kappa shape index (κ2) is 7.60. The Morgan fingerprint density at radius 1 is 1.30 bits per heavy atom. The molecule has 20 heavy (non-hydrogen) atoms. The van der Waals surface area contributed by atoms with Crippen LogP contribution in [-0.4, -0.2) is 43.2 Å². The lowest BCUT2D eigenvalue weighted by molar-refractivity contribution is 0.231. The van der Waals surface area contributed by atoms with Gasteiger partial charge in [-0.25, -0.2) is 4.98 Å². The standard InChI is InChI=1S/C16H27N3O/c1-13(2)15-10-14(12-17-3)11-16(18-15)20-9-8-19-6-4-5-7-19/h10-11,13,17H,4-9,12H2,1-3H3. The van der Waals surface area contributed by atoms with Crippen LogP contribution in [0.4, 0.5) is 0 Å². The summed E-state index contributed by atoms with van der Waals surface area (Å²) >= 11 is 0. The second-order valence-electron chi connectivity index (χ2n) is 5.82. The number of nitrogens with one attached hydrogen (secondary N) is 1. The topological polar surface area (TPSA) is 37.4 Å². The highest BCUT2D eigenvalue weighted by atomic mass is 16.5. The fourth-order valence-electron chi connectivity index (χ4n) is 2.54. The summed E-state index contributed by atoms with van der Waals surface area (Å²) in [6, 6.07) is 4.21. The van der Waals surface area contributed by atoms with Crippen LogP contribution in [0, 0.1) is 0 Å². The first-order valence-electron chi connectivity index (χ1n) is 7.69. The first-order chi connectivity index (χ1) is 9.69. The van der Waals surface area contributed by atoms with Crippen LogP contribution in [0.5, 0.6) is 5.88 Å². The van der Waals surface area contributed by atoms with E-state index in [0.29, 0.717) is 5.92 Å². The Morgan fingerprint density at radius 3 is 2.70 bits per heavy atom. The molecule has 2 heterocycles. The van der Waals surface area contributed by atoms with Crippen molar-refractivity contribution in [2.75, 3.05) is 33.3 Å². The van der Waals surface area contributed by atoms with Gasteiger partial charge < -0.3 is 10.1 Å². The Hall–Kier alpha value is -1.13. The van der Waals surface area contributed by atoms with Crippen molar-refractivity contribution in [3.8, 4) is 5.88 Å². The molecule has 0 aliphatic carbocycles. The van der Waals surface area contributed by atoms with E-state index in [4.69, 9.17) is 4.74 Å². The molecule has 4 heteroatoms. The first kappa shape index (κ1) is 15.3. The molecule has 0 amide bonds. The first-order valence-corrected chi connectivity index (χ1v) is 7.69. The minimum atomic E-state index is 0.424. The third-order valence-corrected chi connectivity index (χ3v) is 3.71. The van der Waals surface area contributed by atoms with Gasteiger partial charge in [0.05, 0.1) is 0 Å². The van der Waals surface area contributed by atoms with Crippen molar-refractivity contribution in [1.82, 2.24) is 15.2 Å². The zero-order chi connectivity index (χ0) is 14.4. The second-order valence-corrected chi connectivity index (χ2v) is 5.82. The normalized spacial score (nSPS) is 16.0. The SMILES string of the molecule is CNCc1cc(OCCN2CCCC2)nc(C(C)C)c1. The van der Waals surface area contributed by atoms with E-state index < -0.39 is 0 Å². The summed E-state index contributed by atoms with van der Waals surface area (Å²) in [5.41, 5.74) is 2.34. The van der Waals surface area contributed by atoms with Gasteiger partial charge in [-0.1, -0.05) is 13.8 Å². The van der Waals surface area contributed by atoms with Crippen LogP contribution in [0.2, 0.25) is 0 Å². The summed E-state index contributed by atoms with van der Waals surface area (Å²) < 4.78 is 5.87. The van der Waals surface area contributed by atoms with Crippen molar-refractivity contribution < 1.29 is 4.74 Å². The predicted octanol–water partition coefficient (Wildman–Crippen LogP) is 2.40. The van der Waals surface area contributed by atoms with Crippen molar-refractivity contribution in [3.63, 3.8) is 0 Å². The van der Waals surface area contributed by atoms with E-state index >= 15 is 0 Å². The summed E-state index contributed by atoms with van der Waals surface area (Å²) in [6.45, 7) is 9.36. The molecule has 1 fully saturated rings. The number of ether oxygens (including phenoxy) is 1. The largest absolute Gasteiger partial charge is 0.476 e. The Balaban J connectivity index is 1.94. The van der Waals surface area contributed by atoms with E-state index in [2.05, 4.69) is 35.1 Å².